The summed E-state index contributed by atoms with van der Waals surface area (Å²) in [5.41, 5.74) is 0.802. The predicted octanol–water partition coefficient (Wildman–Crippen LogP) is 4.30. The van der Waals surface area contributed by atoms with Crippen molar-refractivity contribution >= 4 is 23.5 Å². The Hall–Kier alpha value is -3.22. The number of carbonyl (C=O) groups excluding carboxylic acids is 3. The van der Waals surface area contributed by atoms with E-state index in [4.69, 9.17) is 4.74 Å². The summed E-state index contributed by atoms with van der Waals surface area (Å²) in [6.07, 6.45) is 2.95. The number of carbonyl (C=O) groups is 3. The van der Waals surface area contributed by atoms with E-state index in [2.05, 4.69) is 5.32 Å². The van der Waals surface area contributed by atoms with Crippen molar-refractivity contribution in [2.24, 2.45) is 0 Å². The van der Waals surface area contributed by atoms with Gasteiger partial charge < -0.3 is 15.0 Å². The van der Waals surface area contributed by atoms with Gasteiger partial charge in [-0.15, -0.1) is 0 Å². The maximum atomic E-state index is 13.3. The molecule has 1 fully saturated rings. The van der Waals surface area contributed by atoms with Crippen molar-refractivity contribution < 1.29 is 23.5 Å². The highest BCUT2D eigenvalue weighted by atomic mass is 19.1. The van der Waals surface area contributed by atoms with Crippen LogP contribution in [0.2, 0.25) is 0 Å². The van der Waals surface area contributed by atoms with Crippen molar-refractivity contribution in [1.29, 1.82) is 0 Å². The molecule has 2 amide bonds. The molecule has 1 saturated carbocycles. The summed E-state index contributed by atoms with van der Waals surface area (Å²) in [7, 11) is 0. The number of nitrogens with one attached hydrogen (secondary N) is 1. The molecule has 6 nitrogen and oxygen atoms in total. The molecule has 7 heteroatoms. The van der Waals surface area contributed by atoms with E-state index in [-0.39, 0.29) is 11.7 Å². The number of ether oxygens (including phenoxy) is 1. The van der Waals surface area contributed by atoms with Crippen LogP contribution in [0.3, 0.4) is 0 Å². The monoisotopic (exact) mass is 440 g/mol. The number of benzene rings is 2. The van der Waals surface area contributed by atoms with Crippen molar-refractivity contribution in [2.75, 3.05) is 25.0 Å². The third-order valence-corrected chi connectivity index (χ3v) is 6.02. The first-order valence-corrected chi connectivity index (χ1v) is 11.0. The predicted molar refractivity (Wildman–Crippen MR) is 120 cm³/mol. The lowest BCUT2D eigenvalue weighted by Gasteiger charge is -2.27. The molecule has 0 saturated heterocycles. The molecule has 0 spiro atoms. The van der Waals surface area contributed by atoms with Crippen LogP contribution in [-0.4, -0.2) is 42.4 Å². The van der Waals surface area contributed by atoms with Gasteiger partial charge in [0, 0.05) is 24.3 Å². The molecule has 1 N–H and O–H groups in total. The first kappa shape index (κ1) is 23.4. The van der Waals surface area contributed by atoms with Gasteiger partial charge in [0.25, 0.3) is 11.8 Å². The Morgan fingerprint density at radius 1 is 1.03 bits per heavy atom. The summed E-state index contributed by atoms with van der Waals surface area (Å²) in [6, 6.07) is 12.6. The third-order valence-electron chi connectivity index (χ3n) is 6.02. The van der Waals surface area contributed by atoms with Crippen molar-refractivity contribution in [3.8, 4) is 0 Å². The lowest BCUT2D eigenvalue weighted by atomic mass is 9.79. The molecule has 0 atom stereocenters. The number of amides is 2. The fourth-order valence-corrected chi connectivity index (χ4v) is 4.25. The molecule has 1 aliphatic rings. The van der Waals surface area contributed by atoms with Gasteiger partial charge in [0.1, 0.15) is 5.82 Å². The fourth-order valence-electron chi connectivity index (χ4n) is 4.25. The van der Waals surface area contributed by atoms with Crippen molar-refractivity contribution in [3.05, 3.63) is 65.5 Å². The van der Waals surface area contributed by atoms with Crippen LogP contribution in [0.4, 0.5) is 10.1 Å². The van der Waals surface area contributed by atoms with Crippen molar-refractivity contribution in [1.82, 2.24) is 4.90 Å². The highest BCUT2D eigenvalue weighted by Gasteiger charge is 2.44. The lowest BCUT2D eigenvalue weighted by Crippen LogP contribution is -2.36. The van der Waals surface area contributed by atoms with Gasteiger partial charge >= 0.3 is 5.97 Å². The van der Waals surface area contributed by atoms with Gasteiger partial charge in [-0.2, -0.15) is 0 Å². The standard InChI is InChI=1S/C25H29FN2O4/c1-3-28(4-2)23(30)18-8-7-9-21(16-18)27-22(29)17-32-24(31)25(14-5-6-15-25)19-10-12-20(26)13-11-19/h7-13,16H,3-6,14-15,17H2,1-2H3,(H,27,29). The zero-order valence-corrected chi connectivity index (χ0v) is 18.5. The van der Waals surface area contributed by atoms with Gasteiger partial charge in [0.15, 0.2) is 6.61 Å². The van der Waals surface area contributed by atoms with Crippen molar-refractivity contribution in [2.45, 2.75) is 44.9 Å². The smallest absolute Gasteiger partial charge is 0.317 e. The summed E-state index contributed by atoms with van der Waals surface area (Å²) in [4.78, 5) is 39.6. The molecule has 1 aliphatic carbocycles. The molecular weight excluding hydrogens is 411 g/mol. The third kappa shape index (κ3) is 5.15. The zero-order chi connectivity index (χ0) is 23.1. The quantitative estimate of drug-likeness (QED) is 0.621. The number of esters is 1. The Morgan fingerprint density at radius 3 is 2.31 bits per heavy atom. The average molecular weight is 441 g/mol. The second kappa shape index (κ2) is 10.4. The van der Waals surface area contributed by atoms with Crippen molar-refractivity contribution in [3.63, 3.8) is 0 Å². The molecule has 2 aromatic rings. The Balaban J connectivity index is 1.63. The summed E-state index contributed by atoms with van der Waals surface area (Å²) >= 11 is 0. The van der Waals surface area contributed by atoms with E-state index in [1.807, 2.05) is 13.8 Å². The lowest BCUT2D eigenvalue weighted by molar-refractivity contribution is -0.153. The van der Waals surface area contributed by atoms with Gasteiger partial charge in [0.2, 0.25) is 0 Å². The number of nitrogens with zero attached hydrogens (tertiary/aromatic N) is 1. The molecular formula is C25H29FN2O4. The Bertz CT molecular complexity index is 964. The van der Waals surface area contributed by atoms with E-state index in [0.29, 0.717) is 42.7 Å². The minimum atomic E-state index is -0.843. The van der Waals surface area contributed by atoms with Gasteiger partial charge in [-0.3, -0.25) is 14.4 Å². The molecule has 0 heterocycles. The molecule has 0 aromatic heterocycles. The van der Waals surface area contributed by atoms with Crippen LogP contribution in [0.15, 0.2) is 48.5 Å². The van der Waals surface area contributed by atoms with E-state index in [9.17, 15) is 18.8 Å². The Kier molecular flexibility index (Phi) is 7.62. The summed E-state index contributed by atoms with van der Waals surface area (Å²) in [5, 5.41) is 2.68. The van der Waals surface area contributed by atoms with Crippen LogP contribution in [0.5, 0.6) is 0 Å². The van der Waals surface area contributed by atoms with Gasteiger partial charge in [-0.05, 0) is 62.6 Å². The summed E-state index contributed by atoms with van der Waals surface area (Å²) in [5.74, 6) is -1.43. The number of hydrogen-bond acceptors (Lipinski definition) is 4. The van der Waals surface area contributed by atoms with Crippen LogP contribution in [0.25, 0.3) is 0 Å². The molecule has 2 aromatic carbocycles. The van der Waals surface area contributed by atoms with E-state index in [1.165, 1.54) is 12.1 Å². The van der Waals surface area contributed by atoms with Crippen LogP contribution in [0.1, 0.15) is 55.5 Å². The molecule has 170 valence electrons. The second-order valence-corrected chi connectivity index (χ2v) is 7.98. The van der Waals surface area contributed by atoms with E-state index in [0.717, 1.165) is 12.8 Å². The molecule has 0 unspecified atom stereocenters. The van der Waals surface area contributed by atoms with Crippen LogP contribution < -0.4 is 5.32 Å². The minimum absolute atomic E-state index is 0.111. The van der Waals surface area contributed by atoms with Crippen LogP contribution >= 0.6 is 0 Å². The highest BCUT2D eigenvalue weighted by molar-refractivity contribution is 5.98. The molecule has 0 radical (unpaired) electrons. The average Bonchev–Trinajstić information content (AvgIpc) is 3.30. The van der Waals surface area contributed by atoms with Gasteiger partial charge in [0.05, 0.1) is 5.41 Å². The first-order chi connectivity index (χ1) is 15.4. The molecule has 3 rings (SSSR count). The Morgan fingerprint density at radius 2 is 1.69 bits per heavy atom. The number of rotatable bonds is 8. The minimum Gasteiger partial charge on any atom is -0.455 e. The fraction of sp³-hybridized carbons (Fsp3) is 0.400. The number of halogens is 1. The number of anilines is 1. The summed E-state index contributed by atoms with van der Waals surface area (Å²) < 4.78 is 18.7. The maximum absolute atomic E-state index is 13.3. The Labute approximate surface area is 187 Å². The summed E-state index contributed by atoms with van der Waals surface area (Å²) in [6.45, 7) is 4.57. The van der Waals surface area contributed by atoms with Gasteiger partial charge in [-0.25, -0.2) is 4.39 Å². The maximum Gasteiger partial charge on any atom is 0.317 e. The highest BCUT2D eigenvalue weighted by Crippen LogP contribution is 2.42. The normalized spacial score (nSPS) is 14.6. The zero-order valence-electron chi connectivity index (χ0n) is 18.5. The molecule has 32 heavy (non-hydrogen) atoms. The SMILES string of the molecule is CCN(CC)C(=O)c1cccc(NC(=O)COC(=O)C2(c3ccc(F)cc3)CCCC2)c1. The van der Waals surface area contributed by atoms with Gasteiger partial charge in [-0.1, -0.05) is 31.0 Å². The number of hydrogen-bond donors (Lipinski definition) is 1. The largest absolute Gasteiger partial charge is 0.455 e. The second-order valence-electron chi connectivity index (χ2n) is 7.98. The molecule has 0 aliphatic heterocycles. The topological polar surface area (TPSA) is 75.7 Å². The van der Waals surface area contributed by atoms with E-state index >= 15 is 0 Å². The van der Waals surface area contributed by atoms with Crippen LogP contribution in [0, 0.1) is 5.82 Å². The molecule has 0 bridgehead atoms. The first-order valence-electron chi connectivity index (χ1n) is 11.0. The van der Waals surface area contributed by atoms with E-state index < -0.39 is 23.9 Å². The van der Waals surface area contributed by atoms with E-state index in [1.54, 1.807) is 41.3 Å². The van der Waals surface area contributed by atoms with Crippen LogP contribution in [-0.2, 0) is 19.7 Å².